The lowest BCUT2D eigenvalue weighted by molar-refractivity contribution is 0.628. The molecule has 4 heteroatoms. The van der Waals surface area contributed by atoms with Crippen molar-refractivity contribution >= 4 is 0 Å². The van der Waals surface area contributed by atoms with Crippen LogP contribution in [0.15, 0.2) is 30.5 Å². The molecule has 0 aliphatic carbocycles. The Labute approximate surface area is 87.3 Å². The standard InChI is InChI=1S/C11H12FN3/c1-15-7-10(11(6-13)14-15)8-2-4-9(12)5-3-8/h2-5,7H,6,13H2,1H3. The first-order valence-electron chi connectivity index (χ1n) is 4.69. The third-order valence-electron chi connectivity index (χ3n) is 2.25. The van der Waals surface area contributed by atoms with E-state index in [4.69, 9.17) is 5.73 Å². The topological polar surface area (TPSA) is 43.8 Å². The molecule has 0 spiro atoms. The van der Waals surface area contributed by atoms with Crippen LogP contribution >= 0.6 is 0 Å². The molecule has 3 nitrogen and oxygen atoms in total. The van der Waals surface area contributed by atoms with Gasteiger partial charge in [0.15, 0.2) is 0 Å². The molecule has 2 rings (SSSR count). The highest BCUT2D eigenvalue weighted by molar-refractivity contribution is 5.65. The van der Waals surface area contributed by atoms with E-state index in [1.165, 1.54) is 12.1 Å². The number of nitrogens with zero attached hydrogens (tertiary/aromatic N) is 2. The quantitative estimate of drug-likeness (QED) is 0.810. The maximum absolute atomic E-state index is 12.7. The Morgan fingerprint density at radius 2 is 2.00 bits per heavy atom. The molecule has 1 aromatic carbocycles. The van der Waals surface area contributed by atoms with Crippen LogP contribution in [0.3, 0.4) is 0 Å². The SMILES string of the molecule is Cn1cc(-c2ccc(F)cc2)c(CN)n1. The van der Waals surface area contributed by atoms with Crippen LogP contribution in [0.2, 0.25) is 0 Å². The van der Waals surface area contributed by atoms with Crippen LogP contribution in [-0.4, -0.2) is 9.78 Å². The summed E-state index contributed by atoms with van der Waals surface area (Å²) >= 11 is 0. The van der Waals surface area contributed by atoms with Crippen molar-refractivity contribution in [2.75, 3.05) is 0 Å². The number of aryl methyl sites for hydroxylation is 1. The lowest BCUT2D eigenvalue weighted by Gasteiger charge is -1.99. The molecule has 0 saturated carbocycles. The highest BCUT2D eigenvalue weighted by Crippen LogP contribution is 2.22. The maximum Gasteiger partial charge on any atom is 0.123 e. The molecule has 0 bridgehead atoms. The van der Waals surface area contributed by atoms with Crippen molar-refractivity contribution in [3.8, 4) is 11.1 Å². The molecule has 0 amide bonds. The number of halogens is 1. The molecule has 0 radical (unpaired) electrons. The average Bonchev–Trinajstić information content (AvgIpc) is 2.61. The van der Waals surface area contributed by atoms with E-state index in [1.54, 1.807) is 16.8 Å². The Bertz CT molecular complexity index is 459. The molecule has 0 atom stereocenters. The van der Waals surface area contributed by atoms with E-state index in [0.29, 0.717) is 6.54 Å². The summed E-state index contributed by atoms with van der Waals surface area (Å²) in [6.45, 7) is 0.382. The molecule has 2 N–H and O–H groups in total. The smallest absolute Gasteiger partial charge is 0.123 e. The molecule has 2 aromatic rings. The predicted molar refractivity (Wildman–Crippen MR) is 56.5 cm³/mol. The molecule has 0 unspecified atom stereocenters. The Kier molecular flexibility index (Phi) is 2.51. The Morgan fingerprint density at radius 1 is 1.33 bits per heavy atom. The van der Waals surface area contributed by atoms with Gasteiger partial charge in [0.05, 0.1) is 5.69 Å². The van der Waals surface area contributed by atoms with E-state index in [2.05, 4.69) is 5.10 Å². The van der Waals surface area contributed by atoms with Crippen molar-refractivity contribution in [2.45, 2.75) is 6.54 Å². The third kappa shape index (κ3) is 1.89. The fourth-order valence-corrected chi connectivity index (χ4v) is 1.56. The van der Waals surface area contributed by atoms with Crippen LogP contribution in [0.1, 0.15) is 5.69 Å². The van der Waals surface area contributed by atoms with Crippen molar-refractivity contribution in [3.05, 3.63) is 42.0 Å². The van der Waals surface area contributed by atoms with Crippen LogP contribution < -0.4 is 5.73 Å². The summed E-state index contributed by atoms with van der Waals surface area (Å²) in [7, 11) is 1.84. The summed E-state index contributed by atoms with van der Waals surface area (Å²) < 4.78 is 14.5. The number of hydrogen-bond acceptors (Lipinski definition) is 2. The zero-order chi connectivity index (χ0) is 10.8. The lowest BCUT2D eigenvalue weighted by Crippen LogP contribution is -1.99. The van der Waals surface area contributed by atoms with E-state index >= 15 is 0 Å². The van der Waals surface area contributed by atoms with Gasteiger partial charge in [0.25, 0.3) is 0 Å². The van der Waals surface area contributed by atoms with Crippen molar-refractivity contribution in [2.24, 2.45) is 12.8 Å². The average molecular weight is 205 g/mol. The second-order valence-corrected chi connectivity index (χ2v) is 3.37. The number of aromatic nitrogens is 2. The first-order chi connectivity index (χ1) is 7.20. The minimum atomic E-state index is -0.239. The number of nitrogens with two attached hydrogens (primary N) is 1. The van der Waals surface area contributed by atoms with E-state index in [1.807, 2.05) is 13.2 Å². The number of benzene rings is 1. The fourth-order valence-electron chi connectivity index (χ4n) is 1.56. The van der Waals surface area contributed by atoms with Gasteiger partial charge in [0, 0.05) is 25.4 Å². The van der Waals surface area contributed by atoms with Gasteiger partial charge in [0.1, 0.15) is 5.82 Å². The van der Waals surface area contributed by atoms with E-state index < -0.39 is 0 Å². The van der Waals surface area contributed by atoms with Crippen LogP contribution in [0, 0.1) is 5.82 Å². The lowest BCUT2D eigenvalue weighted by atomic mass is 10.1. The van der Waals surface area contributed by atoms with Gasteiger partial charge in [-0.15, -0.1) is 0 Å². The van der Waals surface area contributed by atoms with Gasteiger partial charge >= 0.3 is 0 Å². The van der Waals surface area contributed by atoms with Gasteiger partial charge in [-0.2, -0.15) is 5.10 Å². The van der Waals surface area contributed by atoms with Crippen molar-refractivity contribution in [3.63, 3.8) is 0 Å². The summed E-state index contributed by atoms with van der Waals surface area (Å²) in [5, 5.41) is 4.23. The van der Waals surface area contributed by atoms with Gasteiger partial charge < -0.3 is 5.73 Å². The Morgan fingerprint density at radius 3 is 2.60 bits per heavy atom. The number of hydrogen-bond donors (Lipinski definition) is 1. The molecule has 15 heavy (non-hydrogen) atoms. The van der Waals surface area contributed by atoms with Crippen molar-refractivity contribution in [1.29, 1.82) is 0 Å². The van der Waals surface area contributed by atoms with Gasteiger partial charge in [-0.05, 0) is 17.7 Å². The Hall–Kier alpha value is -1.68. The van der Waals surface area contributed by atoms with Gasteiger partial charge in [0.2, 0.25) is 0 Å². The zero-order valence-corrected chi connectivity index (χ0v) is 8.44. The Balaban J connectivity index is 2.48. The highest BCUT2D eigenvalue weighted by atomic mass is 19.1. The molecule has 1 heterocycles. The molecule has 0 saturated heterocycles. The first kappa shape index (κ1) is 9.86. The van der Waals surface area contributed by atoms with Crippen LogP contribution in [-0.2, 0) is 13.6 Å². The maximum atomic E-state index is 12.7. The van der Waals surface area contributed by atoms with Crippen LogP contribution in [0.25, 0.3) is 11.1 Å². The minimum absolute atomic E-state index is 0.239. The fraction of sp³-hybridized carbons (Fsp3) is 0.182. The van der Waals surface area contributed by atoms with Gasteiger partial charge in [-0.25, -0.2) is 4.39 Å². The summed E-state index contributed by atoms with van der Waals surface area (Å²) in [6.07, 6.45) is 1.88. The highest BCUT2D eigenvalue weighted by Gasteiger charge is 2.07. The third-order valence-corrected chi connectivity index (χ3v) is 2.25. The predicted octanol–water partition coefficient (Wildman–Crippen LogP) is 1.68. The van der Waals surface area contributed by atoms with E-state index in [-0.39, 0.29) is 5.82 Å². The summed E-state index contributed by atoms with van der Waals surface area (Å²) in [4.78, 5) is 0. The van der Waals surface area contributed by atoms with Crippen molar-refractivity contribution in [1.82, 2.24) is 9.78 Å². The van der Waals surface area contributed by atoms with Gasteiger partial charge in [-0.1, -0.05) is 12.1 Å². The molecule has 0 aliphatic heterocycles. The van der Waals surface area contributed by atoms with Gasteiger partial charge in [-0.3, -0.25) is 4.68 Å². The van der Waals surface area contributed by atoms with Crippen LogP contribution in [0.5, 0.6) is 0 Å². The molecular weight excluding hydrogens is 193 g/mol. The molecule has 78 valence electrons. The van der Waals surface area contributed by atoms with Crippen LogP contribution in [0.4, 0.5) is 4.39 Å². The van der Waals surface area contributed by atoms with E-state index in [0.717, 1.165) is 16.8 Å². The normalized spacial score (nSPS) is 10.6. The first-order valence-corrected chi connectivity index (χ1v) is 4.69. The molecule has 1 aromatic heterocycles. The summed E-state index contributed by atoms with van der Waals surface area (Å²) in [5.74, 6) is -0.239. The second kappa shape index (κ2) is 3.82. The monoisotopic (exact) mass is 205 g/mol. The molecular formula is C11H12FN3. The zero-order valence-electron chi connectivity index (χ0n) is 8.44. The molecule has 0 fully saturated rings. The summed E-state index contributed by atoms with van der Waals surface area (Å²) in [6, 6.07) is 6.32. The minimum Gasteiger partial charge on any atom is -0.325 e. The van der Waals surface area contributed by atoms with E-state index in [9.17, 15) is 4.39 Å². The number of rotatable bonds is 2. The summed E-state index contributed by atoms with van der Waals surface area (Å²) in [5.41, 5.74) is 8.30. The molecule has 0 aliphatic rings. The largest absolute Gasteiger partial charge is 0.325 e. The van der Waals surface area contributed by atoms with Crippen molar-refractivity contribution < 1.29 is 4.39 Å². The second-order valence-electron chi connectivity index (χ2n) is 3.37.